The van der Waals surface area contributed by atoms with Gasteiger partial charge >= 0.3 is 0 Å². The van der Waals surface area contributed by atoms with E-state index in [-0.39, 0.29) is 12.0 Å². The molecular weight excluding hydrogens is 282 g/mol. The van der Waals surface area contributed by atoms with E-state index < -0.39 is 0 Å². The highest BCUT2D eigenvalue weighted by Crippen LogP contribution is 2.43. The summed E-state index contributed by atoms with van der Waals surface area (Å²) in [4.78, 5) is 0. The van der Waals surface area contributed by atoms with Gasteiger partial charge in [-0.25, -0.2) is 0 Å². The fourth-order valence-electron chi connectivity index (χ4n) is 3.14. The lowest BCUT2D eigenvalue weighted by Gasteiger charge is -2.36. The van der Waals surface area contributed by atoms with Gasteiger partial charge in [-0.05, 0) is 24.1 Å². The van der Waals surface area contributed by atoms with Crippen molar-refractivity contribution in [2.45, 2.75) is 12.5 Å². The number of ether oxygens (including phenoxy) is 3. The van der Waals surface area contributed by atoms with Gasteiger partial charge in [0, 0.05) is 17.7 Å². The number of allylic oxidation sites excluding steroid dienone is 1. The number of nitrogens with two attached hydrogens (primary N) is 2. The van der Waals surface area contributed by atoms with Gasteiger partial charge in [-0.3, -0.25) is 0 Å². The molecule has 0 aromatic heterocycles. The SMILES string of the molecule is N#CC1=C(N)C2Cc3cc4c(cc3OC2C=C1N)OCCO4. The van der Waals surface area contributed by atoms with Gasteiger partial charge in [-0.15, -0.1) is 0 Å². The van der Waals surface area contributed by atoms with E-state index in [1.54, 1.807) is 6.08 Å². The minimum atomic E-state index is -0.257. The van der Waals surface area contributed by atoms with Crippen molar-refractivity contribution in [3.63, 3.8) is 0 Å². The Kier molecular flexibility index (Phi) is 2.70. The number of nitriles is 1. The highest BCUT2D eigenvalue weighted by Gasteiger charge is 2.36. The molecule has 0 saturated carbocycles. The van der Waals surface area contributed by atoms with Gasteiger partial charge < -0.3 is 25.7 Å². The van der Waals surface area contributed by atoms with Crippen LogP contribution in [0.1, 0.15) is 5.56 Å². The summed E-state index contributed by atoms with van der Waals surface area (Å²) in [5, 5.41) is 9.19. The molecule has 1 aromatic rings. The van der Waals surface area contributed by atoms with Gasteiger partial charge in [0.2, 0.25) is 0 Å². The second kappa shape index (κ2) is 4.60. The van der Waals surface area contributed by atoms with Crippen LogP contribution in [0, 0.1) is 17.2 Å². The van der Waals surface area contributed by atoms with Crippen LogP contribution in [0.15, 0.2) is 35.2 Å². The Morgan fingerprint density at radius 2 is 1.82 bits per heavy atom. The number of hydrogen-bond acceptors (Lipinski definition) is 6. The quantitative estimate of drug-likeness (QED) is 0.739. The zero-order chi connectivity index (χ0) is 15.3. The number of hydrogen-bond donors (Lipinski definition) is 2. The summed E-state index contributed by atoms with van der Waals surface area (Å²) in [7, 11) is 0. The lowest BCUT2D eigenvalue weighted by Crippen LogP contribution is -2.39. The van der Waals surface area contributed by atoms with Gasteiger partial charge in [0.05, 0.1) is 11.3 Å². The molecule has 3 aliphatic rings. The summed E-state index contributed by atoms with van der Waals surface area (Å²) in [5.41, 5.74) is 14.2. The maximum Gasteiger partial charge on any atom is 0.165 e. The Morgan fingerprint density at radius 1 is 1.09 bits per heavy atom. The molecule has 0 amide bonds. The van der Waals surface area contributed by atoms with Crippen LogP contribution in [0.25, 0.3) is 0 Å². The molecule has 6 nitrogen and oxygen atoms in total. The van der Waals surface area contributed by atoms with Crippen LogP contribution in [-0.2, 0) is 6.42 Å². The van der Waals surface area contributed by atoms with E-state index in [0.29, 0.717) is 42.4 Å². The number of nitrogens with zero attached hydrogens (tertiary/aromatic N) is 1. The summed E-state index contributed by atoms with van der Waals surface area (Å²) in [6.07, 6.45) is 2.18. The van der Waals surface area contributed by atoms with Gasteiger partial charge in [-0.1, -0.05) is 0 Å². The molecule has 0 saturated heterocycles. The monoisotopic (exact) mass is 297 g/mol. The third kappa shape index (κ3) is 1.79. The average Bonchev–Trinajstić information content (AvgIpc) is 2.52. The number of fused-ring (bicyclic) bond motifs is 3. The summed E-state index contributed by atoms with van der Waals surface area (Å²) < 4.78 is 17.2. The van der Waals surface area contributed by atoms with Crippen molar-refractivity contribution in [1.29, 1.82) is 5.26 Å². The Labute approximate surface area is 127 Å². The van der Waals surface area contributed by atoms with E-state index in [0.717, 1.165) is 17.1 Å². The van der Waals surface area contributed by atoms with Crippen LogP contribution in [-0.4, -0.2) is 19.3 Å². The summed E-state index contributed by atoms with van der Waals surface area (Å²) in [5.74, 6) is 2.08. The fourth-order valence-corrected chi connectivity index (χ4v) is 3.14. The smallest absolute Gasteiger partial charge is 0.165 e. The topological polar surface area (TPSA) is 104 Å². The Morgan fingerprint density at radius 3 is 2.55 bits per heavy atom. The fraction of sp³-hybridized carbons (Fsp3) is 0.312. The molecule has 112 valence electrons. The summed E-state index contributed by atoms with van der Waals surface area (Å²) >= 11 is 0. The van der Waals surface area contributed by atoms with Crippen molar-refractivity contribution >= 4 is 0 Å². The second-order valence-electron chi connectivity index (χ2n) is 5.56. The highest BCUT2D eigenvalue weighted by molar-refractivity contribution is 5.55. The third-order valence-corrected chi connectivity index (χ3v) is 4.26. The lowest BCUT2D eigenvalue weighted by atomic mass is 9.82. The van der Waals surface area contributed by atoms with Gasteiger partial charge in [0.25, 0.3) is 0 Å². The third-order valence-electron chi connectivity index (χ3n) is 4.26. The highest BCUT2D eigenvalue weighted by atomic mass is 16.6. The molecular formula is C16H15N3O3. The van der Waals surface area contributed by atoms with Crippen molar-refractivity contribution in [3.05, 3.63) is 40.7 Å². The Balaban J connectivity index is 1.76. The molecule has 2 aliphatic heterocycles. The van der Waals surface area contributed by atoms with Crippen molar-refractivity contribution in [1.82, 2.24) is 0 Å². The molecule has 6 heteroatoms. The van der Waals surface area contributed by atoms with Crippen LogP contribution in [0.3, 0.4) is 0 Å². The van der Waals surface area contributed by atoms with Crippen LogP contribution in [0.2, 0.25) is 0 Å². The average molecular weight is 297 g/mol. The zero-order valence-corrected chi connectivity index (χ0v) is 11.8. The van der Waals surface area contributed by atoms with Gasteiger partial charge in [-0.2, -0.15) is 5.26 Å². The largest absolute Gasteiger partial charge is 0.486 e. The molecule has 1 aromatic carbocycles. The van der Waals surface area contributed by atoms with E-state index >= 15 is 0 Å². The van der Waals surface area contributed by atoms with Crippen LogP contribution in [0.4, 0.5) is 0 Å². The lowest BCUT2D eigenvalue weighted by molar-refractivity contribution is 0.155. The molecule has 2 unspecified atom stereocenters. The molecule has 4 N–H and O–H groups in total. The van der Waals surface area contributed by atoms with Crippen LogP contribution >= 0.6 is 0 Å². The minimum Gasteiger partial charge on any atom is -0.486 e. The second-order valence-corrected chi connectivity index (χ2v) is 5.56. The van der Waals surface area contributed by atoms with E-state index in [2.05, 4.69) is 6.07 Å². The Hall–Kier alpha value is -2.81. The zero-order valence-electron chi connectivity index (χ0n) is 11.8. The molecule has 22 heavy (non-hydrogen) atoms. The van der Waals surface area contributed by atoms with Gasteiger partial charge in [0.1, 0.15) is 31.1 Å². The van der Waals surface area contributed by atoms with Crippen molar-refractivity contribution in [2.75, 3.05) is 13.2 Å². The molecule has 0 radical (unpaired) electrons. The molecule has 0 fully saturated rings. The molecule has 2 heterocycles. The van der Waals surface area contributed by atoms with Crippen LogP contribution in [0.5, 0.6) is 17.2 Å². The first-order chi connectivity index (χ1) is 10.7. The van der Waals surface area contributed by atoms with Gasteiger partial charge in [0.15, 0.2) is 11.5 Å². The first kappa shape index (κ1) is 12.9. The van der Waals surface area contributed by atoms with Crippen LogP contribution < -0.4 is 25.7 Å². The number of rotatable bonds is 0. The first-order valence-corrected chi connectivity index (χ1v) is 7.14. The predicted octanol–water partition coefficient (Wildman–Crippen LogP) is 0.970. The molecule has 0 bridgehead atoms. The standard InChI is InChI=1S/C16H15N3O3/c17-7-10-11(18)5-13-9(16(10)19)3-8-4-14-15(6-12(8)22-13)21-2-1-20-14/h4-6,9,13H,1-3,18-19H2. The van der Waals surface area contributed by atoms with E-state index in [1.807, 2.05) is 12.1 Å². The van der Waals surface area contributed by atoms with Crippen molar-refractivity contribution in [2.24, 2.45) is 17.4 Å². The molecule has 1 aliphatic carbocycles. The molecule has 4 rings (SSSR count). The van der Waals surface area contributed by atoms with E-state index in [4.69, 9.17) is 25.7 Å². The predicted molar refractivity (Wildman–Crippen MR) is 78.1 cm³/mol. The summed E-state index contributed by atoms with van der Waals surface area (Å²) in [6.45, 7) is 1.07. The molecule has 2 atom stereocenters. The Bertz CT molecular complexity index is 761. The van der Waals surface area contributed by atoms with E-state index in [9.17, 15) is 5.26 Å². The molecule has 0 spiro atoms. The number of benzene rings is 1. The maximum atomic E-state index is 9.19. The first-order valence-electron chi connectivity index (χ1n) is 7.14. The maximum absolute atomic E-state index is 9.19. The van der Waals surface area contributed by atoms with Crippen molar-refractivity contribution in [3.8, 4) is 23.3 Å². The summed E-state index contributed by atoms with van der Waals surface area (Å²) in [6, 6.07) is 5.85. The van der Waals surface area contributed by atoms with E-state index in [1.165, 1.54) is 0 Å². The normalized spacial score (nSPS) is 25.3. The minimum absolute atomic E-state index is 0.0861. The van der Waals surface area contributed by atoms with Crippen molar-refractivity contribution < 1.29 is 14.2 Å².